The maximum absolute atomic E-state index is 12.6. The third-order valence-corrected chi connectivity index (χ3v) is 6.10. The lowest BCUT2D eigenvalue weighted by Gasteiger charge is -2.02. The lowest BCUT2D eigenvalue weighted by atomic mass is 10.1. The molecular weight excluding hydrogens is 394 g/mol. The molecule has 4 rings (SSSR count). The lowest BCUT2D eigenvalue weighted by Crippen LogP contribution is -2.13. The highest BCUT2D eigenvalue weighted by molar-refractivity contribution is 7.20. The molecule has 0 aliphatic carbocycles. The highest BCUT2D eigenvalue weighted by atomic mass is 35.5. The number of hydrogen-bond acceptors (Lipinski definition) is 4. The van der Waals surface area contributed by atoms with Gasteiger partial charge < -0.3 is 9.72 Å². The van der Waals surface area contributed by atoms with E-state index in [2.05, 4.69) is 4.98 Å². The first kappa shape index (κ1) is 18.5. The van der Waals surface area contributed by atoms with Gasteiger partial charge in [-0.1, -0.05) is 48.0 Å². The Bertz CT molecular complexity index is 1240. The highest BCUT2D eigenvalue weighted by Gasteiger charge is 2.17. The number of benzene rings is 2. The smallest absolute Gasteiger partial charge is 0.331 e. The van der Waals surface area contributed by atoms with Crippen LogP contribution in [0.5, 0.6) is 0 Å². The normalized spacial score (nSPS) is 11.5. The van der Waals surface area contributed by atoms with Crippen LogP contribution in [-0.2, 0) is 9.53 Å². The topological polar surface area (TPSA) is 59.2 Å². The Morgan fingerprint density at radius 3 is 2.61 bits per heavy atom. The van der Waals surface area contributed by atoms with Gasteiger partial charge in [0.25, 0.3) is 0 Å². The third kappa shape index (κ3) is 3.46. The highest BCUT2D eigenvalue weighted by Crippen LogP contribution is 2.35. The monoisotopic (exact) mass is 409 g/mol. The molecule has 0 unspecified atom stereocenters. The molecule has 0 aliphatic heterocycles. The van der Waals surface area contributed by atoms with Crippen molar-refractivity contribution in [1.29, 1.82) is 0 Å². The zero-order valence-corrected chi connectivity index (χ0v) is 16.6. The van der Waals surface area contributed by atoms with Crippen molar-refractivity contribution in [3.63, 3.8) is 0 Å². The fourth-order valence-electron chi connectivity index (χ4n) is 3.18. The van der Waals surface area contributed by atoms with Crippen molar-refractivity contribution in [2.75, 3.05) is 6.61 Å². The van der Waals surface area contributed by atoms with E-state index in [9.17, 15) is 9.59 Å². The van der Waals surface area contributed by atoms with Crippen LogP contribution in [0.3, 0.4) is 0 Å². The number of aromatic nitrogens is 1. The Kier molecular flexibility index (Phi) is 5.03. The van der Waals surface area contributed by atoms with Gasteiger partial charge in [0.05, 0.1) is 5.02 Å². The molecule has 0 saturated heterocycles. The number of aryl methyl sites for hydroxylation is 1. The summed E-state index contributed by atoms with van der Waals surface area (Å²) in [5.41, 5.74) is 2.20. The van der Waals surface area contributed by atoms with Crippen molar-refractivity contribution >= 4 is 61.8 Å². The number of Topliss-reactive ketones (excluding diaryl/α,β-unsaturated/α-hetero) is 1. The van der Waals surface area contributed by atoms with E-state index >= 15 is 0 Å². The average molecular weight is 410 g/mol. The first-order chi connectivity index (χ1) is 13.5. The summed E-state index contributed by atoms with van der Waals surface area (Å²) >= 11 is 7.85. The van der Waals surface area contributed by atoms with E-state index in [0.717, 1.165) is 31.6 Å². The van der Waals surface area contributed by atoms with Crippen molar-refractivity contribution in [2.45, 2.75) is 6.92 Å². The summed E-state index contributed by atoms with van der Waals surface area (Å²) in [6.45, 7) is 1.52. The van der Waals surface area contributed by atoms with Gasteiger partial charge in [-0.25, -0.2) is 4.79 Å². The molecule has 0 saturated carbocycles. The van der Waals surface area contributed by atoms with E-state index in [-0.39, 0.29) is 12.4 Å². The van der Waals surface area contributed by atoms with Crippen LogP contribution in [0.2, 0.25) is 5.02 Å². The molecule has 6 heteroatoms. The number of nitrogens with one attached hydrogen (secondary N) is 1. The van der Waals surface area contributed by atoms with Gasteiger partial charge >= 0.3 is 5.97 Å². The summed E-state index contributed by atoms with van der Waals surface area (Å²) in [6, 6.07) is 15.3. The van der Waals surface area contributed by atoms with Gasteiger partial charge in [0.2, 0.25) is 5.78 Å². The molecule has 28 heavy (non-hydrogen) atoms. The molecule has 0 aliphatic rings. The molecule has 0 fully saturated rings. The molecule has 0 amide bonds. The molecule has 140 valence electrons. The zero-order valence-electron chi connectivity index (χ0n) is 15.0. The van der Waals surface area contributed by atoms with E-state index in [1.165, 1.54) is 17.4 Å². The number of rotatable bonds is 5. The van der Waals surface area contributed by atoms with E-state index < -0.39 is 5.97 Å². The summed E-state index contributed by atoms with van der Waals surface area (Å²) in [7, 11) is 0. The standard InChI is InChI=1S/C22H16ClNO3S/c1-13-21(14-6-2-4-8-16(14)24-13)17(25)12-27-20(26)11-10-19-22(23)15-7-3-5-9-18(15)28-19/h2-11,24H,12H2,1H3/b11-10+. The number of para-hydroxylation sites is 1. The van der Waals surface area contributed by atoms with Crippen LogP contribution in [0.1, 0.15) is 20.9 Å². The number of carbonyl (C=O) groups is 2. The summed E-state index contributed by atoms with van der Waals surface area (Å²) in [5, 5.41) is 2.39. The molecule has 0 bridgehead atoms. The lowest BCUT2D eigenvalue weighted by molar-refractivity contribution is -0.136. The van der Waals surface area contributed by atoms with Crippen LogP contribution >= 0.6 is 22.9 Å². The number of hydrogen-bond donors (Lipinski definition) is 1. The quantitative estimate of drug-likeness (QED) is 0.258. The maximum atomic E-state index is 12.6. The number of H-pyrrole nitrogens is 1. The van der Waals surface area contributed by atoms with E-state index in [1.54, 1.807) is 6.08 Å². The molecule has 1 N–H and O–H groups in total. The molecule has 0 atom stereocenters. The SMILES string of the molecule is Cc1[nH]c2ccccc2c1C(=O)COC(=O)/C=C/c1sc2ccccc2c1Cl. The Labute approximate surface area is 170 Å². The second kappa shape index (κ2) is 7.62. The number of fused-ring (bicyclic) bond motifs is 2. The Morgan fingerprint density at radius 2 is 1.82 bits per heavy atom. The number of ether oxygens (including phenoxy) is 1. The predicted molar refractivity (Wildman–Crippen MR) is 114 cm³/mol. The van der Waals surface area contributed by atoms with Crippen molar-refractivity contribution < 1.29 is 14.3 Å². The van der Waals surface area contributed by atoms with Gasteiger partial charge in [-0.15, -0.1) is 11.3 Å². The van der Waals surface area contributed by atoms with Gasteiger partial charge in [-0.3, -0.25) is 4.79 Å². The molecule has 2 aromatic carbocycles. The zero-order chi connectivity index (χ0) is 19.7. The van der Waals surface area contributed by atoms with Gasteiger partial charge in [0, 0.05) is 43.2 Å². The summed E-state index contributed by atoms with van der Waals surface area (Å²) in [4.78, 5) is 28.6. The number of thiophene rings is 1. The van der Waals surface area contributed by atoms with Crippen LogP contribution in [0.4, 0.5) is 0 Å². The number of esters is 1. The van der Waals surface area contributed by atoms with Crippen LogP contribution in [0.25, 0.3) is 27.1 Å². The van der Waals surface area contributed by atoms with Crippen LogP contribution in [-0.4, -0.2) is 23.3 Å². The van der Waals surface area contributed by atoms with Crippen molar-refractivity contribution in [3.05, 3.63) is 75.8 Å². The Hall–Kier alpha value is -2.89. The molecule has 0 radical (unpaired) electrons. The van der Waals surface area contributed by atoms with Gasteiger partial charge in [-0.2, -0.15) is 0 Å². The van der Waals surface area contributed by atoms with Gasteiger partial charge in [-0.05, 0) is 25.1 Å². The van der Waals surface area contributed by atoms with Crippen molar-refractivity contribution in [1.82, 2.24) is 4.98 Å². The minimum Gasteiger partial charge on any atom is -0.454 e. The number of aromatic amines is 1. The molecule has 0 spiro atoms. The van der Waals surface area contributed by atoms with Gasteiger partial charge in [0.1, 0.15) is 0 Å². The largest absolute Gasteiger partial charge is 0.454 e. The fourth-order valence-corrected chi connectivity index (χ4v) is 4.58. The first-order valence-electron chi connectivity index (χ1n) is 8.67. The Balaban J connectivity index is 1.45. The Morgan fingerprint density at radius 1 is 1.11 bits per heavy atom. The van der Waals surface area contributed by atoms with Gasteiger partial charge in [0.15, 0.2) is 6.61 Å². The van der Waals surface area contributed by atoms with Crippen molar-refractivity contribution in [2.24, 2.45) is 0 Å². The van der Waals surface area contributed by atoms with E-state index in [4.69, 9.17) is 16.3 Å². The van der Waals surface area contributed by atoms with E-state index in [0.29, 0.717) is 10.6 Å². The third-order valence-electron chi connectivity index (χ3n) is 4.45. The molecule has 2 aromatic heterocycles. The minimum atomic E-state index is -0.584. The van der Waals surface area contributed by atoms with Crippen LogP contribution < -0.4 is 0 Å². The number of halogens is 1. The number of carbonyl (C=O) groups excluding carboxylic acids is 2. The maximum Gasteiger partial charge on any atom is 0.331 e. The van der Waals surface area contributed by atoms with Crippen molar-refractivity contribution in [3.8, 4) is 0 Å². The summed E-state index contributed by atoms with van der Waals surface area (Å²) in [6.07, 6.45) is 2.92. The molecule has 4 nitrogen and oxygen atoms in total. The second-order valence-corrected chi connectivity index (χ2v) is 7.77. The molecular formula is C22H16ClNO3S. The number of ketones is 1. The molecule has 2 heterocycles. The van der Waals surface area contributed by atoms with Crippen LogP contribution in [0, 0.1) is 6.92 Å². The average Bonchev–Trinajstić information content (AvgIpc) is 3.21. The molecule has 4 aromatic rings. The summed E-state index contributed by atoms with van der Waals surface area (Å²) in [5.74, 6) is -0.823. The second-order valence-electron chi connectivity index (χ2n) is 6.31. The summed E-state index contributed by atoms with van der Waals surface area (Å²) < 4.78 is 6.19. The van der Waals surface area contributed by atoms with E-state index in [1.807, 2.05) is 55.5 Å². The predicted octanol–water partition coefficient (Wildman–Crippen LogP) is 5.78. The first-order valence-corrected chi connectivity index (χ1v) is 9.86. The van der Waals surface area contributed by atoms with Crippen LogP contribution in [0.15, 0.2) is 54.6 Å². The minimum absolute atomic E-state index is 0.239. The fraction of sp³-hybridized carbons (Fsp3) is 0.0909.